The quantitative estimate of drug-likeness (QED) is 0.534. The molecule has 108 valence electrons. The molecule has 2 rings (SSSR count). The molecule has 0 bridgehead atoms. The van der Waals surface area contributed by atoms with Crippen LogP contribution >= 0.6 is 22.6 Å². The van der Waals surface area contributed by atoms with Gasteiger partial charge in [-0.05, 0) is 72.2 Å². The van der Waals surface area contributed by atoms with Crippen LogP contribution in [0.1, 0.15) is 22.3 Å². The number of rotatable bonds is 4. The van der Waals surface area contributed by atoms with E-state index >= 15 is 0 Å². The molecule has 21 heavy (non-hydrogen) atoms. The topological polar surface area (TPSA) is 3.24 Å². The second-order valence-corrected chi connectivity index (χ2v) is 6.52. The van der Waals surface area contributed by atoms with Gasteiger partial charge in [-0.1, -0.05) is 35.7 Å². The molecule has 0 aliphatic rings. The third kappa shape index (κ3) is 4.01. The Kier molecular flexibility index (Phi) is 5.30. The van der Waals surface area contributed by atoms with Crippen molar-refractivity contribution in [3.8, 4) is 12.3 Å². The van der Waals surface area contributed by atoms with E-state index in [2.05, 4.69) is 90.6 Å². The maximum atomic E-state index is 5.56. The molecule has 0 radical (unpaired) electrons. The number of hydrogen-bond donors (Lipinski definition) is 0. The molecule has 0 saturated carbocycles. The maximum absolute atomic E-state index is 5.56. The van der Waals surface area contributed by atoms with E-state index in [1.807, 2.05) is 0 Å². The van der Waals surface area contributed by atoms with Crippen molar-refractivity contribution < 1.29 is 0 Å². The van der Waals surface area contributed by atoms with Gasteiger partial charge in [-0.15, -0.1) is 6.42 Å². The Labute approximate surface area is 141 Å². The summed E-state index contributed by atoms with van der Waals surface area (Å²) in [5, 5.41) is 0. The fourth-order valence-corrected chi connectivity index (χ4v) is 2.68. The first-order valence-corrected chi connectivity index (χ1v) is 8.10. The van der Waals surface area contributed by atoms with E-state index < -0.39 is 0 Å². The molecule has 2 aromatic carbocycles. The lowest BCUT2D eigenvalue weighted by Crippen LogP contribution is -2.23. The van der Waals surface area contributed by atoms with E-state index in [0.29, 0.717) is 6.54 Å². The van der Waals surface area contributed by atoms with E-state index in [9.17, 15) is 0 Å². The van der Waals surface area contributed by atoms with Gasteiger partial charge in [0.1, 0.15) is 0 Å². The monoisotopic (exact) mass is 389 g/mol. The lowest BCUT2D eigenvalue weighted by Gasteiger charge is -2.24. The second kappa shape index (κ2) is 7.00. The zero-order valence-corrected chi connectivity index (χ0v) is 14.9. The van der Waals surface area contributed by atoms with E-state index in [4.69, 9.17) is 6.42 Å². The average Bonchev–Trinajstić information content (AvgIpc) is 2.46. The zero-order chi connectivity index (χ0) is 15.4. The summed E-state index contributed by atoms with van der Waals surface area (Å²) in [4.78, 5) is 2.25. The van der Waals surface area contributed by atoms with Crippen LogP contribution in [-0.2, 0) is 6.54 Å². The average molecular weight is 389 g/mol. The Morgan fingerprint density at radius 2 is 1.62 bits per heavy atom. The molecule has 0 saturated heterocycles. The number of halogens is 1. The number of benzene rings is 2. The minimum absolute atomic E-state index is 0.618. The standard InChI is InChI=1S/C19H20IN/c1-5-10-21(13-17-8-6-14(2)7-9-17)18-11-15(3)19(20)16(4)12-18/h1,6-9,11-12H,10,13H2,2-4H3. The molecule has 0 spiro atoms. The third-order valence-corrected chi connectivity index (χ3v) is 5.26. The lowest BCUT2D eigenvalue weighted by atomic mass is 10.1. The Morgan fingerprint density at radius 3 is 2.14 bits per heavy atom. The summed E-state index contributed by atoms with van der Waals surface area (Å²) in [5.41, 5.74) is 6.37. The molecule has 0 aliphatic carbocycles. The van der Waals surface area contributed by atoms with Crippen LogP contribution in [0.5, 0.6) is 0 Å². The van der Waals surface area contributed by atoms with Crippen molar-refractivity contribution in [3.05, 3.63) is 62.2 Å². The van der Waals surface area contributed by atoms with Crippen LogP contribution in [0.4, 0.5) is 5.69 Å². The van der Waals surface area contributed by atoms with Gasteiger partial charge in [0.15, 0.2) is 0 Å². The maximum Gasteiger partial charge on any atom is 0.0795 e. The van der Waals surface area contributed by atoms with Gasteiger partial charge in [0.25, 0.3) is 0 Å². The molecular formula is C19H20IN. The van der Waals surface area contributed by atoms with Gasteiger partial charge in [-0.3, -0.25) is 0 Å². The summed E-state index contributed by atoms with van der Waals surface area (Å²) in [6, 6.07) is 13.1. The number of hydrogen-bond acceptors (Lipinski definition) is 1. The first-order chi connectivity index (χ1) is 10.0. The van der Waals surface area contributed by atoms with Crippen LogP contribution in [0.15, 0.2) is 36.4 Å². The van der Waals surface area contributed by atoms with Crippen LogP contribution in [0, 0.1) is 36.7 Å². The van der Waals surface area contributed by atoms with Crippen molar-refractivity contribution in [1.29, 1.82) is 0 Å². The van der Waals surface area contributed by atoms with Gasteiger partial charge < -0.3 is 4.90 Å². The number of aryl methyl sites for hydroxylation is 3. The second-order valence-electron chi connectivity index (χ2n) is 5.44. The fraction of sp³-hybridized carbons (Fsp3) is 0.263. The predicted octanol–water partition coefficient (Wildman–Crippen LogP) is 4.86. The van der Waals surface area contributed by atoms with Gasteiger partial charge in [-0.2, -0.15) is 0 Å². The highest BCUT2D eigenvalue weighted by Gasteiger charge is 2.09. The van der Waals surface area contributed by atoms with Gasteiger partial charge in [0.05, 0.1) is 6.54 Å². The molecule has 0 heterocycles. The molecule has 0 amide bonds. The van der Waals surface area contributed by atoms with Gasteiger partial charge >= 0.3 is 0 Å². The van der Waals surface area contributed by atoms with Crippen LogP contribution in [0.3, 0.4) is 0 Å². The van der Waals surface area contributed by atoms with Gasteiger partial charge in [-0.25, -0.2) is 0 Å². The van der Waals surface area contributed by atoms with Crippen LogP contribution in [-0.4, -0.2) is 6.54 Å². The first kappa shape index (κ1) is 15.9. The highest BCUT2D eigenvalue weighted by molar-refractivity contribution is 14.1. The number of nitrogens with zero attached hydrogens (tertiary/aromatic N) is 1. The number of anilines is 1. The Balaban J connectivity index is 2.31. The number of terminal acetylenes is 1. The minimum atomic E-state index is 0.618. The Bertz CT molecular complexity index is 642. The largest absolute Gasteiger partial charge is 0.356 e. The highest BCUT2D eigenvalue weighted by Crippen LogP contribution is 2.25. The van der Waals surface area contributed by atoms with Gasteiger partial charge in [0, 0.05) is 15.8 Å². The smallest absolute Gasteiger partial charge is 0.0795 e. The van der Waals surface area contributed by atoms with E-state index in [1.54, 1.807) is 0 Å². The van der Waals surface area contributed by atoms with Crippen molar-refractivity contribution in [2.75, 3.05) is 11.4 Å². The highest BCUT2D eigenvalue weighted by atomic mass is 127. The molecule has 1 nitrogen and oxygen atoms in total. The molecule has 2 aromatic rings. The summed E-state index contributed by atoms with van der Waals surface area (Å²) in [6.07, 6.45) is 5.56. The third-order valence-electron chi connectivity index (χ3n) is 3.56. The van der Waals surface area contributed by atoms with Crippen molar-refractivity contribution in [2.24, 2.45) is 0 Å². The molecule has 0 unspecified atom stereocenters. The summed E-state index contributed by atoms with van der Waals surface area (Å²) >= 11 is 2.40. The van der Waals surface area contributed by atoms with Crippen molar-refractivity contribution >= 4 is 28.3 Å². The van der Waals surface area contributed by atoms with Gasteiger partial charge in [0.2, 0.25) is 0 Å². The Hall–Kier alpha value is -1.47. The lowest BCUT2D eigenvalue weighted by molar-refractivity contribution is 0.875. The predicted molar refractivity (Wildman–Crippen MR) is 99.7 cm³/mol. The van der Waals surface area contributed by atoms with Crippen LogP contribution in [0.2, 0.25) is 0 Å². The molecule has 0 N–H and O–H groups in total. The summed E-state index contributed by atoms with van der Waals surface area (Å²) < 4.78 is 1.33. The molecule has 0 aromatic heterocycles. The normalized spacial score (nSPS) is 10.2. The van der Waals surface area contributed by atoms with E-state index in [1.165, 1.54) is 31.5 Å². The van der Waals surface area contributed by atoms with Crippen molar-refractivity contribution in [2.45, 2.75) is 27.3 Å². The Morgan fingerprint density at radius 1 is 1.05 bits per heavy atom. The SMILES string of the molecule is C#CCN(Cc1ccc(C)cc1)c1cc(C)c(I)c(C)c1. The molecular weight excluding hydrogens is 369 g/mol. The summed E-state index contributed by atoms with van der Waals surface area (Å²) in [7, 11) is 0. The molecule has 0 fully saturated rings. The zero-order valence-electron chi connectivity index (χ0n) is 12.8. The van der Waals surface area contributed by atoms with E-state index in [0.717, 1.165) is 6.54 Å². The molecule has 0 atom stereocenters. The van der Waals surface area contributed by atoms with Crippen molar-refractivity contribution in [3.63, 3.8) is 0 Å². The van der Waals surface area contributed by atoms with Crippen LogP contribution in [0.25, 0.3) is 0 Å². The van der Waals surface area contributed by atoms with Crippen LogP contribution < -0.4 is 4.90 Å². The molecule has 0 aliphatic heterocycles. The molecule has 2 heteroatoms. The van der Waals surface area contributed by atoms with E-state index in [-0.39, 0.29) is 0 Å². The summed E-state index contributed by atoms with van der Waals surface area (Å²) in [6.45, 7) is 7.86. The first-order valence-electron chi connectivity index (χ1n) is 7.02. The van der Waals surface area contributed by atoms with Crippen molar-refractivity contribution in [1.82, 2.24) is 0 Å². The minimum Gasteiger partial charge on any atom is -0.356 e. The summed E-state index contributed by atoms with van der Waals surface area (Å²) in [5.74, 6) is 2.78. The fourth-order valence-electron chi connectivity index (χ4n) is 2.37.